The van der Waals surface area contributed by atoms with Crippen molar-refractivity contribution < 1.29 is 15.1 Å². The van der Waals surface area contributed by atoms with Crippen molar-refractivity contribution in [2.24, 2.45) is 0 Å². The van der Waals surface area contributed by atoms with Crippen molar-refractivity contribution in [1.29, 1.82) is 0 Å². The molecule has 0 atom stereocenters. The van der Waals surface area contributed by atoms with E-state index in [9.17, 15) is 20.3 Å². The first kappa shape index (κ1) is 25.3. The lowest BCUT2D eigenvalue weighted by molar-refractivity contribution is -0.384. The predicted molar refractivity (Wildman–Crippen MR) is 137 cm³/mol. The highest BCUT2D eigenvalue weighted by Gasteiger charge is 2.30. The number of benzene rings is 3. The molecule has 34 heavy (non-hydrogen) atoms. The Labute approximate surface area is 202 Å². The fourth-order valence-electron chi connectivity index (χ4n) is 4.51. The molecule has 0 spiro atoms. The maximum absolute atomic E-state index is 11.5. The van der Waals surface area contributed by atoms with Crippen LogP contribution in [0.2, 0.25) is 0 Å². The first-order valence-electron chi connectivity index (χ1n) is 11.5. The van der Waals surface area contributed by atoms with E-state index < -0.39 is 10.8 Å². The quantitative estimate of drug-likeness (QED) is 0.241. The van der Waals surface area contributed by atoms with Gasteiger partial charge in [0.1, 0.15) is 11.5 Å². The Morgan fingerprint density at radius 1 is 0.735 bits per heavy atom. The van der Waals surface area contributed by atoms with E-state index in [1.165, 1.54) is 12.1 Å². The average molecular weight is 462 g/mol. The van der Waals surface area contributed by atoms with Crippen LogP contribution in [-0.2, 0) is 10.8 Å². The Morgan fingerprint density at radius 2 is 1.12 bits per heavy atom. The van der Waals surface area contributed by atoms with Gasteiger partial charge in [-0.05, 0) is 41.4 Å². The maximum atomic E-state index is 11.5. The molecule has 0 aromatic heterocycles. The topological polar surface area (TPSA) is 83.6 Å². The van der Waals surface area contributed by atoms with Gasteiger partial charge >= 0.3 is 0 Å². The molecule has 5 nitrogen and oxygen atoms in total. The Bertz CT molecular complexity index is 1160. The van der Waals surface area contributed by atoms with Crippen molar-refractivity contribution in [2.75, 3.05) is 0 Å². The normalized spacial score (nSPS) is 12.3. The molecule has 0 saturated carbocycles. The molecule has 0 unspecified atom stereocenters. The smallest absolute Gasteiger partial charge is 0.269 e. The third-order valence-corrected chi connectivity index (χ3v) is 6.24. The van der Waals surface area contributed by atoms with Gasteiger partial charge in [0.25, 0.3) is 5.69 Å². The van der Waals surface area contributed by atoms with Gasteiger partial charge in [-0.25, -0.2) is 0 Å². The second kappa shape index (κ2) is 8.79. The summed E-state index contributed by atoms with van der Waals surface area (Å²) in [5.41, 5.74) is 5.11. The third-order valence-electron chi connectivity index (χ3n) is 6.24. The molecule has 180 valence electrons. The molecule has 3 aromatic carbocycles. The molecule has 0 heterocycles. The number of nitrogens with zero attached hydrogens (tertiary/aromatic N) is 1. The lowest BCUT2D eigenvalue weighted by Crippen LogP contribution is -2.16. The molecule has 0 amide bonds. The van der Waals surface area contributed by atoms with E-state index in [0.717, 1.165) is 27.8 Å². The molecule has 3 rings (SSSR count). The van der Waals surface area contributed by atoms with Crippen LogP contribution in [0.25, 0.3) is 0 Å². The predicted octanol–water partition coefficient (Wildman–Crippen LogP) is 7.40. The van der Waals surface area contributed by atoms with Crippen LogP contribution in [0.15, 0.2) is 48.5 Å². The second-order valence-corrected chi connectivity index (χ2v) is 11.3. The first-order chi connectivity index (χ1) is 15.6. The maximum Gasteiger partial charge on any atom is 0.269 e. The summed E-state index contributed by atoms with van der Waals surface area (Å²) in [5.74, 6) is -0.151. The number of rotatable bonds is 4. The van der Waals surface area contributed by atoms with Crippen molar-refractivity contribution in [1.82, 2.24) is 0 Å². The molecule has 2 N–H and O–H groups in total. The zero-order valence-corrected chi connectivity index (χ0v) is 21.4. The molecule has 0 aliphatic heterocycles. The minimum Gasteiger partial charge on any atom is -0.507 e. The minimum atomic E-state index is -0.511. The Balaban J connectivity index is 2.41. The van der Waals surface area contributed by atoms with Gasteiger partial charge in [0.05, 0.1) is 4.92 Å². The largest absolute Gasteiger partial charge is 0.507 e. The van der Waals surface area contributed by atoms with E-state index in [1.807, 2.05) is 79.7 Å². The molecular formula is C29H35NO4. The fourth-order valence-corrected chi connectivity index (χ4v) is 4.51. The Kier molecular flexibility index (Phi) is 6.53. The van der Waals surface area contributed by atoms with Gasteiger partial charge in [0.2, 0.25) is 0 Å². The molecular weight excluding hydrogens is 426 g/mol. The van der Waals surface area contributed by atoms with Gasteiger partial charge < -0.3 is 10.2 Å². The SMILES string of the molecule is Cc1cc(C(c2ccc([N+](=O)[O-])cc2)c2cc(C)cc(C(C)(C)C)c2O)c(O)c(C(C)(C)C)c1. The van der Waals surface area contributed by atoms with Gasteiger partial charge in [-0.15, -0.1) is 0 Å². The standard InChI is InChI=1S/C29H35NO4/c1-17-13-21(26(31)23(15-17)28(3,4)5)25(19-9-11-20(12-10-19)30(33)34)22-14-18(2)16-24(27(22)32)29(6,7)8/h9-16,25,31-32H,1-8H3. The van der Waals surface area contributed by atoms with E-state index in [4.69, 9.17) is 0 Å². The van der Waals surface area contributed by atoms with Crippen molar-refractivity contribution >= 4 is 5.69 Å². The van der Waals surface area contributed by atoms with E-state index >= 15 is 0 Å². The van der Waals surface area contributed by atoms with Crippen LogP contribution in [0.3, 0.4) is 0 Å². The van der Waals surface area contributed by atoms with E-state index in [2.05, 4.69) is 0 Å². The van der Waals surface area contributed by atoms with Gasteiger partial charge in [-0.3, -0.25) is 10.1 Å². The number of non-ortho nitro benzene ring substituents is 1. The van der Waals surface area contributed by atoms with Crippen molar-refractivity contribution in [2.45, 2.75) is 72.1 Å². The van der Waals surface area contributed by atoms with Crippen molar-refractivity contribution in [3.8, 4) is 11.5 Å². The number of nitro benzene ring substituents is 1. The van der Waals surface area contributed by atoms with Crippen LogP contribution < -0.4 is 0 Å². The lowest BCUT2D eigenvalue weighted by Gasteiger charge is -2.29. The zero-order valence-electron chi connectivity index (χ0n) is 21.4. The Morgan fingerprint density at radius 3 is 1.44 bits per heavy atom. The number of aromatic hydroxyl groups is 2. The van der Waals surface area contributed by atoms with Crippen LogP contribution in [0.4, 0.5) is 5.69 Å². The van der Waals surface area contributed by atoms with E-state index in [1.54, 1.807) is 12.1 Å². The fraction of sp³-hybridized carbons (Fsp3) is 0.379. The first-order valence-corrected chi connectivity index (χ1v) is 11.5. The minimum absolute atomic E-state index is 0.00445. The van der Waals surface area contributed by atoms with Crippen LogP contribution in [0, 0.1) is 24.0 Å². The highest BCUT2D eigenvalue weighted by molar-refractivity contribution is 5.60. The molecule has 3 aromatic rings. The van der Waals surface area contributed by atoms with Crippen LogP contribution >= 0.6 is 0 Å². The molecule has 0 radical (unpaired) electrons. The summed E-state index contributed by atoms with van der Waals surface area (Å²) in [6.45, 7) is 16.3. The average Bonchev–Trinajstić information content (AvgIpc) is 2.71. The summed E-state index contributed by atoms with van der Waals surface area (Å²) in [6, 6.07) is 14.2. The van der Waals surface area contributed by atoms with Gasteiger partial charge in [-0.1, -0.05) is 89.1 Å². The molecule has 0 aliphatic carbocycles. The monoisotopic (exact) mass is 461 g/mol. The van der Waals surface area contributed by atoms with E-state index in [-0.39, 0.29) is 28.0 Å². The molecule has 0 aliphatic rings. The number of phenolic OH excluding ortho intramolecular Hbond substituents is 2. The third kappa shape index (κ3) is 4.93. The number of hydrogen-bond acceptors (Lipinski definition) is 4. The zero-order chi connectivity index (χ0) is 25.6. The molecule has 5 heteroatoms. The molecule has 0 bridgehead atoms. The number of aryl methyl sites for hydroxylation is 2. The van der Waals surface area contributed by atoms with Crippen LogP contribution in [0.5, 0.6) is 11.5 Å². The number of nitro groups is 1. The molecule has 0 fully saturated rings. The van der Waals surface area contributed by atoms with Crippen molar-refractivity contribution in [3.05, 3.63) is 97.6 Å². The second-order valence-electron chi connectivity index (χ2n) is 11.3. The van der Waals surface area contributed by atoms with Gasteiger partial charge in [0, 0.05) is 29.2 Å². The lowest BCUT2D eigenvalue weighted by atomic mass is 9.76. The summed E-state index contributed by atoms with van der Waals surface area (Å²) < 4.78 is 0. The summed E-state index contributed by atoms with van der Waals surface area (Å²) in [7, 11) is 0. The van der Waals surface area contributed by atoms with Crippen LogP contribution in [-0.4, -0.2) is 15.1 Å². The van der Waals surface area contributed by atoms with Crippen LogP contribution in [0.1, 0.15) is 86.4 Å². The van der Waals surface area contributed by atoms with E-state index in [0.29, 0.717) is 11.1 Å². The number of phenols is 2. The van der Waals surface area contributed by atoms with Crippen molar-refractivity contribution in [3.63, 3.8) is 0 Å². The Hall–Kier alpha value is -3.34. The number of hydrogen-bond donors (Lipinski definition) is 2. The summed E-state index contributed by atoms with van der Waals surface area (Å²) >= 11 is 0. The molecule has 0 saturated heterocycles. The summed E-state index contributed by atoms with van der Waals surface area (Å²) in [4.78, 5) is 10.8. The van der Waals surface area contributed by atoms with Gasteiger partial charge in [0.15, 0.2) is 0 Å². The summed E-state index contributed by atoms with van der Waals surface area (Å²) in [6.07, 6.45) is 0. The van der Waals surface area contributed by atoms with Gasteiger partial charge in [-0.2, -0.15) is 0 Å². The highest BCUT2D eigenvalue weighted by Crippen LogP contribution is 2.47. The summed E-state index contributed by atoms with van der Waals surface area (Å²) in [5, 5.41) is 34.2. The highest BCUT2D eigenvalue weighted by atomic mass is 16.6.